The van der Waals surface area contributed by atoms with E-state index < -0.39 is 0 Å². The Balaban J connectivity index is 1.53. The lowest BCUT2D eigenvalue weighted by Crippen LogP contribution is -2.36. The largest absolute Gasteiger partial charge is 0.296 e. The highest BCUT2D eigenvalue weighted by Gasteiger charge is 2.22. The average Bonchev–Trinajstić information content (AvgIpc) is 2.57. The van der Waals surface area contributed by atoms with Gasteiger partial charge in [0.25, 0.3) is 0 Å². The van der Waals surface area contributed by atoms with Crippen molar-refractivity contribution in [3.05, 3.63) is 66.0 Å². The van der Waals surface area contributed by atoms with Crippen LogP contribution < -0.4 is 0 Å². The normalized spacial score (nSPS) is 16.8. The van der Waals surface area contributed by atoms with Gasteiger partial charge in [-0.2, -0.15) is 0 Å². The maximum absolute atomic E-state index is 12.2. The quantitative estimate of drug-likeness (QED) is 0.807. The second-order valence-electron chi connectivity index (χ2n) is 5.62. The molecule has 1 aliphatic heterocycles. The molecule has 0 unspecified atom stereocenters. The standard InChI is InChI=1S/C18H20N2O/c21-18(17-4-2-1-3-5-17)14-20-12-8-16(9-13-20)15-6-10-19-11-7-15/h1-7,10-11,16H,8-9,12-14H2. The first-order valence-electron chi connectivity index (χ1n) is 7.53. The van der Waals surface area contributed by atoms with E-state index in [1.54, 1.807) is 0 Å². The molecule has 0 aliphatic carbocycles. The Morgan fingerprint density at radius 1 is 1.05 bits per heavy atom. The molecule has 21 heavy (non-hydrogen) atoms. The van der Waals surface area contributed by atoms with Crippen molar-refractivity contribution in [2.45, 2.75) is 18.8 Å². The highest BCUT2D eigenvalue weighted by molar-refractivity contribution is 5.97. The summed E-state index contributed by atoms with van der Waals surface area (Å²) < 4.78 is 0. The van der Waals surface area contributed by atoms with E-state index in [9.17, 15) is 4.79 Å². The maximum Gasteiger partial charge on any atom is 0.176 e. The molecule has 0 amide bonds. The van der Waals surface area contributed by atoms with Crippen molar-refractivity contribution in [1.82, 2.24) is 9.88 Å². The smallest absolute Gasteiger partial charge is 0.176 e. The number of benzene rings is 1. The van der Waals surface area contributed by atoms with Gasteiger partial charge in [0, 0.05) is 18.0 Å². The SMILES string of the molecule is O=C(CN1CCC(c2ccncc2)CC1)c1ccccc1. The van der Waals surface area contributed by atoms with Crippen molar-refractivity contribution in [2.24, 2.45) is 0 Å². The fraction of sp³-hybridized carbons (Fsp3) is 0.333. The van der Waals surface area contributed by atoms with E-state index in [-0.39, 0.29) is 5.78 Å². The van der Waals surface area contributed by atoms with Crippen LogP contribution in [0, 0.1) is 0 Å². The molecule has 0 atom stereocenters. The minimum Gasteiger partial charge on any atom is -0.296 e. The molecule has 1 saturated heterocycles. The van der Waals surface area contributed by atoms with Gasteiger partial charge in [-0.1, -0.05) is 30.3 Å². The molecule has 0 N–H and O–H groups in total. The number of pyridine rings is 1. The lowest BCUT2D eigenvalue weighted by atomic mass is 9.90. The van der Waals surface area contributed by atoms with E-state index in [0.29, 0.717) is 12.5 Å². The van der Waals surface area contributed by atoms with E-state index in [1.165, 1.54) is 5.56 Å². The van der Waals surface area contributed by atoms with Crippen LogP contribution >= 0.6 is 0 Å². The topological polar surface area (TPSA) is 33.2 Å². The van der Waals surface area contributed by atoms with Gasteiger partial charge in [0.15, 0.2) is 5.78 Å². The number of aromatic nitrogens is 1. The number of Topliss-reactive ketones (excluding diaryl/α,β-unsaturated/α-hetero) is 1. The average molecular weight is 280 g/mol. The Labute approximate surface area is 125 Å². The van der Waals surface area contributed by atoms with Crippen molar-refractivity contribution >= 4 is 5.78 Å². The zero-order chi connectivity index (χ0) is 14.5. The van der Waals surface area contributed by atoms with Gasteiger partial charge in [0.05, 0.1) is 6.54 Å². The summed E-state index contributed by atoms with van der Waals surface area (Å²) in [6.45, 7) is 2.52. The predicted octanol–water partition coefficient (Wildman–Crippen LogP) is 3.14. The Kier molecular flexibility index (Phi) is 4.41. The summed E-state index contributed by atoms with van der Waals surface area (Å²) in [5.41, 5.74) is 2.19. The molecule has 0 bridgehead atoms. The Morgan fingerprint density at radius 2 is 1.71 bits per heavy atom. The number of ketones is 1. The molecule has 0 spiro atoms. The number of hydrogen-bond donors (Lipinski definition) is 0. The summed E-state index contributed by atoms with van der Waals surface area (Å²) in [6, 6.07) is 13.8. The minimum absolute atomic E-state index is 0.220. The van der Waals surface area contributed by atoms with Crippen molar-refractivity contribution in [2.75, 3.05) is 19.6 Å². The maximum atomic E-state index is 12.2. The third kappa shape index (κ3) is 3.56. The van der Waals surface area contributed by atoms with E-state index in [0.717, 1.165) is 31.5 Å². The van der Waals surface area contributed by atoms with Crippen molar-refractivity contribution in [3.63, 3.8) is 0 Å². The van der Waals surface area contributed by atoms with Gasteiger partial charge in [0.1, 0.15) is 0 Å². The van der Waals surface area contributed by atoms with Crippen LogP contribution in [-0.4, -0.2) is 35.3 Å². The molecule has 108 valence electrons. The van der Waals surface area contributed by atoms with E-state index in [4.69, 9.17) is 0 Å². The molecule has 0 saturated carbocycles. The highest BCUT2D eigenvalue weighted by atomic mass is 16.1. The molecule has 3 nitrogen and oxygen atoms in total. The van der Waals surface area contributed by atoms with E-state index in [1.807, 2.05) is 42.7 Å². The van der Waals surface area contributed by atoms with Crippen molar-refractivity contribution in [3.8, 4) is 0 Å². The molecule has 2 aromatic rings. The summed E-state index contributed by atoms with van der Waals surface area (Å²) in [6.07, 6.45) is 5.96. The molecule has 1 aliphatic rings. The summed E-state index contributed by atoms with van der Waals surface area (Å²) >= 11 is 0. The zero-order valence-corrected chi connectivity index (χ0v) is 12.1. The van der Waals surface area contributed by atoms with Crippen LogP contribution in [0.4, 0.5) is 0 Å². The Morgan fingerprint density at radius 3 is 2.38 bits per heavy atom. The third-order valence-electron chi connectivity index (χ3n) is 4.23. The fourth-order valence-corrected chi connectivity index (χ4v) is 2.98. The molecule has 2 heterocycles. The van der Waals surface area contributed by atoms with Crippen LogP contribution in [0.25, 0.3) is 0 Å². The first kappa shape index (κ1) is 14.0. The number of likely N-dealkylation sites (tertiary alicyclic amines) is 1. The van der Waals surface area contributed by atoms with Crippen LogP contribution in [-0.2, 0) is 0 Å². The number of hydrogen-bond acceptors (Lipinski definition) is 3. The van der Waals surface area contributed by atoms with Gasteiger partial charge in [0.2, 0.25) is 0 Å². The molecule has 1 fully saturated rings. The Hall–Kier alpha value is -2.00. The Bertz CT molecular complexity index is 575. The van der Waals surface area contributed by atoms with Gasteiger partial charge < -0.3 is 0 Å². The van der Waals surface area contributed by atoms with E-state index in [2.05, 4.69) is 22.0 Å². The monoisotopic (exact) mass is 280 g/mol. The van der Waals surface area contributed by atoms with Crippen LogP contribution in [0.5, 0.6) is 0 Å². The predicted molar refractivity (Wildman–Crippen MR) is 83.4 cm³/mol. The van der Waals surface area contributed by atoms with Gasteiger partial charge in [-0.05, 0) is 49.5 Å². The second-order valence-corrected chi connectivity index (χ2v) is 5.62. The number of rotatable bonds is 4. The summed E-state index contributed by atoms with van der Waals surface area (Å²) in [7, 11) is 0. The summed E-state index contributed by atoms with van der Waals surface area (Å²) in [4.78, 5) is 18.6. The highest BCUT2D eigenvalue weighted by Crippen LogP contribution is 2.27. The van der Waals surface area contributed by atoms with Crippen LogP contribution in [0.2, 0.25) is 0 Å². The van der Waals surface area contributed by atoms with Gasteiger partial charge in [-0.15, -0.1) is 0 Å². The van der Waals surface area contributed by atoms with Gasteiger partial charge in [-0.3, -0.25) is 14.7 Å². The van der Waals surface area contributed by atoms with Gasteiger partial charge >= 0.3 is 0 Å². The zero-order valence-electron chi connectivity index (χ0n) is 12.1. The lowest BCUT2D eigenvalue weighted by Gasteiger charge is -2.31. The molecule has 3 rings (SSSR count). The number of carbonyl (C=O) groups is 1. The van der Waals surface area contributed by atoms with Crippen LogP contribution in [0.3, 0.4) is 0 Å². The second kappa shape index (κ2) is 6.64. The fourth-order valence-electron chi connectivity index (χ4n) is 2.98. The van der Waals surface area contributed by atoms with Gasteiger partial charge in [-0.25, -0.2) is 0 Å². The molecular weight excluding hydrogens is 260 g/mol. The van der Waals surface area contributed by atoms with E-state index >= 15 is 0 Å². The third-order valence-corrected chi connectivity index (χ3v) is 4.23. The first-order valence-corrected chi connectivity index (χ1v) is 7.53. The minimum atomic E-state index is 0.220. The summed E-state index contributed by atoms with van der Waals surface area (Å²) in [5.74, 6) is 0.828. The molecular formula is C18H20N2O. The van der Waals surface area contributed by atoms with Crippen molar-refractivity contribution in [1.29, 1.82) is 0 Å². The first-order chi connectivity index (χ1) is 10.3. The number of nitrogens with zero attached hydrogens (tertiary/aromatic N) is 2. The van der Waals surface area contributed by atoms with Crippen molar-refractivity contribution < 1.29 is 4.79 Å². The molecule has 3 heteroatoms. The lowest BCUT2D eigenvalue weighted by molar-refractivity contribution is 0.0909. The molecule has 0 radical (unpaired) electrons. The van der Waals surface area contributed by atoms with Crippen LogP contribution in [0.15, 0.2) is 54.9 Å². The number of piperidine rings is 1. The number of carbonyl (C=O) groups excluding carboxylic acids is 1. The summed E-state index contributed by atoms with van der Waals surface area (Å²) in [5, 5.41) is 0. The van der Waals surface area contributed by atoms with Crippen LogP contribution in [0.1, 0.15) is 34.7 Å². The molecule has 1 aromatic carbocycles. The molecule has 1 aromatic heterocycles.